The predicted octanol–water partition coefficient (Wildman–Crippen LogP) is 0.526. The van der Waals surface area contributed by atoms with E-state index in [-0.39, 0.29) is 6.10 Å². The fraction of sp³-hybridized carbons (Fsp3) is 1.00. The lowest BCUT2D eigenvalue weighted by Gasteiger charge is -2.30. The molecule has 2 aliphatic rings. The van der Waals surface area contributed by atoms with Gasteiger partial charge in [0, 0.05) is 18.6 Å². The molecule has 0 spiro atoms. The zero-order valence-corrected chi connectivity index (χ0v) is 8.04. The summed E-state index contributed by atoms with van der Waals surface area (Å²) in [7, 11) is 0. The molecule has 2 heterocycles. The van der Waals surface area contributed by atoms with E-state index in [2.05, 4.69) is 5.32 Å². The molecule has 3 atom stereocenters. The molecule has 3 nitrogen and oxygen atoms in total. The third-order valence-corrected chi connectivity index (χ3v) is 3.19. The Morgan fingerprint density at radius 3 is 2.85 bits per heavy atom. The number of aliphatic hydroxyl groups excluding tert-OH is 1. The Morgan fingerprint density at radius 1 is 1.31 bits per heavy atom. The average molecular weight is 185 g/mol. The van der Waals surface area contributed by atoms with Crippen LogP contribution in [-0.2, 0) is 4.74 Å². The summed E-state index contributed by atoms with van der Waals surface area (Å²) in [5, 5.41) is 13.4. The van der Waals surface area contributed by atoms with Crippen LogP contribution in [-0.4, -0.2) is 37.0 Å². The van der Waals surface area contributed by atoms with Gasteiger partial charge in [0.1, 0.15) is 0 Å². The smallest absolute Gasteiger partial charge is 0.0743 e. The van der Waals surface area contributed by atoms with Gasteiger partial charge >= 0.3 is 0 Å². The number of ether oxygens (including phenoxy) is 1. The monoisotopic (exact) mass is 185 g/mol. The van der Waals surface area contributed by atoms with Crippen molar-refractivity contribution in [1.29, 1.82) is 0 Å². The Kier molecular flexibility index (Phi) is 3.19. The van der Waals surface area contributed by atoms with Crippen molar-refractivity contribution in [3.63, 3.8) is 0 Å². The molecule has 2 saturated heterocycles. The largest absolute Gasteiger partial charge is 0.391 e. The normalized spacial score (nSPS) is 37.6. The van der Waals surface area contributed by atoms with Gasteiger partial charge in [-0.05, 0) is 32.2 Å². The topological polar surface area (TPSA) is 41.5 Å². The lowest BCUT2D eigenvalue weighted by molar-refractivity contribution is -0.0210. The van der Waals surface area contributed by atoms with Crippen LogP contribution in [0.25, 0.3) is 0 Å². The standard InChI is InChI=1S/C10H19NO2/c12-10(9-4-1-5-11-9)8-3-2-6-13-7-8/h8-12H,1-7H2. The highest BCUT2D eigenvalue weighted by molar-refractivity contribution is 4.86. The van der Waals surface area contributed by atoms with Crippen LogP contribution in [0.2, 0.25) is 0 Å². The van der Waals surface area contributed by atoms with E-state index in [1.807, 2.05) is 0 Å². The molecule has 2 N–H and O–H groups in total. The molecule has 0 saturated carbocycles. The zero-order chi connectivity index (χ0) is 9.10. The number of hydrogen-bond donors (Lipinski definition) is 2. The highest BCUT2D eigenvalue weighted by Crippen LogP contribution is 2.22. The van der Waals surface area contributed by atoms with Gasteiger partial charge in [-0.3, -0.25) is 0 Å². The van der Waals surface area contributed by atoms with Crippen molar-refractivity contribution in [3.8, 4) is 0 Å². The zero-order valence-electron chi connectivity index (χ0n) is 8.04. The summed E-state index contributed by atoms with van der Waals surface area (Å²) in [6.45, 7) is 2.69. The molecule has 0 radical (unpaired) electrons. The number of nitrogens with one attached hydrogen (secondary N) is 1. The Labute approximate surface area is 79.5 Å². The van der Waals surface area contributed by atoms with E-state index in [9.17, 15) is 5.11 Å². The molecule has 0 aromatic rings. The molecular formula is C10H19NO2. The van der Waals surface area contributed by atoms with Crippen molar-refractivity contribution in [2.24, 2.45) is 5.92 Å². The van der Waals surface area contributed by atoms with Gasteiger partial charge in [-0.1, -0.05) is 0 Å². The van der Waals surface area contributed by atoms with Crippen molar-refractivity contribution >= 4 is 0 Å². The fourth-order valence-electron chi connectivity index (χ4n) is 2.37. The summed E-state index contributed by atoms with van der Waals surface area (Å²) in [5.41, 5.74) is 0. The van der Waals surface area contributed by atoms with Gasteiger partial charge < -0.3 is 15.2 Å². The van der Waals surface area contributed by atoms with E-state index < -0.39 is 0 Å². The van der Waals surface area contributed by atoms with Crippen LogP contribution >= 0.6 is 0 Å². The third kappa shape index (κ3) is 2.22. The number of aliphatic hydroxyl groups is 1. The molecule has 0 bridgehead atoms. The summed E-state index contributed by atoms with van der Waals surface area (Å²) < 4.78 is 5.38. The third-order valence-electron chi connectivity index (χ3n) is 3.19. The summed E-state index contributed by atoms with van der Waals surface area (Å²) in [6, 6.07) is 0.326. The highest BCUT2D eigenvalue weighted by Gasteiger charge is 2.30. The van der Waals surface area contributed by atoms with Gasteiger partial charge in [0.25, 0.3) is 0 Å². The summed E-state index contributed by atoms with van der Waals surface area (Å²) in [5.74, 6) is 0.365. The minimum absolute atomic E-state index is 0.192. The highest BCUT2D eigenvalue weighted by atomic mass is 16.5. The number of hydrogen-bond acceptors (Lipinski definition) is 3. The molecule has 0 aromatic carbocycles. The molecule has 2 aliphatic heterocycles. The van der Waals surface area contributed by atoms with Gasteiger partial charge in [-0.2, -0.15) is 0 Å². The first-order chi connectivity index (χ1) is 6.38. The predicted molar refractivity (Wildman–Crippen MR) is 50.6 cm³/mol. The maximum atomic E-state index is 10.0. The molecule has 0 aliphatic carbocycles. The minimum Gasteiger partial charge on any atom is -0.391 e. The first-order valence-electron chi connectivity index (χ1n) is 5.37. The van der Waals surface area contributed by atoms with E-state index in [4.69, 9.17) is 4.74 Å². The van der Waals surface area contributed by atoms with Crippen LogP contribution in [0.1, 0.15) is 25.7 Å². The molecule has 0 aromatic heterocycles. The molecule has 76 valence electrons. The Hall–Kier alpha value is -0.120. The molecule has 2 rings (SSSR count). The van der Waals surface area contributed by atoms with Crippen molar-refractivity contribution in [2.45, 2.75) is 37.8 Å². The molecular weight excluding hydrogens is 166 g/mol. The summed E-state index contributed by atoms with van der Waals surface area (Å²) in [4.78, 5) is 0. The lowest BCUT2D eigenvalue weighted by Crippen LogP contribution is -2.42. The molecule has 3 unspecified atom stereocenters. The Bertz CT molecular complexity index is 151. The van der Waals surface area contributed by atoms with Gasteiger partial charge in [0.2, 0.25) is 0 Å². The molecule has 2 fully saturated rings. The quantitative estimate of drug-likeness (QED) is 0.659. The molecule has 3 heteroatoms. The van der Waals surface area contributed by atoms with Gasteiger partial charge in [-0.25, -0.2) is 0 Å². The van der Waals surface area contributed by atoms with E-state index in [0.717, 1.165) is 39.0 Å². The second kappa shape index (κ2) is 4.40. The molecule has 13 heavy (non-hydrogen) atoms. The van der Waals surface area contributed by atoms with E-state index in [1.54, 1.807) is 0 Å². The summed E-state index contributed by atoms with van der Waals surface area (Å²) in [6.07, 6.45) is 4.36. The lowest BCUT2D eigenvalue weighted by atomic mass is 9.90. The van der Waals surface area contributed by atoms with Crippen LogP contribution in [0.3, 0.4) is 0 Å². The molecule has 0 amide bonds. The SMILES string of the molecule is OC(C1CCCOC1)C1CCCN1. The van der Waals surface area contributed by atoms with E-state index in [0.29, 0.717) is 12.0 Å². The van der Waals surface area contributed by atoms with E-state index in [1.165, 1.54) is 6.42 Å². The van der Waals surface area contributed by atoms with Gasteiger partial charge in [0.15, 0.2) is 0 Å². The maximum absolute atomic E-state index is 10.0. The van der Waals surface area contributed by atoms with Gasteiger partial charge in [0.05, 0.1) is 12.7 Å². The summed E-state index contributed by atoms with van der Waals surface area (Å²) >= 11 is 0. The second-order valence-corrected chi connectivity index (χ2v) is 4.17. The van der Waals surface area contributed by atoms with E-state index >= 15 is 0 Å². The van der Waals surface area contributed by atoms with Crippen molar-refractivity contribution in [2.75, 3.05) is 19.8 Å². The number of rotatable bonds is 2. The van der Waals surface area contributed by atoms with Crippen LogP contribution in [0.5, 0.6) is 0 Å². The van der Waals surface area contributed by atoms with Gasteiger partial charge in [-0.15, -0.1) is 0 Å². The van der Waals surface area contributed by atoms with Crippen LogP contribution in [0.15, 0.2) is 0 Å². The average Bonchev–Trinajstić information content (AvgIpc) is 2.71. The van der Waals surface area contributed by atoms with Crippen LogP contribution in [0.4, 0.5) is 0 Å². The van der Waals surface area contributed by atoms with Crippen LogP contribution < -0.4 is 5.32 Å². The first kappa shape index (κ1) is 9.44. The van der Waals surface area contributed by atoms with Crippen molar-refractivity contribution < 1.29 is 9.84 Å². The Morgan fingerprint density at radius 2 is 2.23 bits per heavy atom. The van der Waals surface area contributed by atoms with Crippen LogP contribution in [0, 0.1) is 5.92 Å². The maximum Gasteiger partial charge on any atom is 0.0743 e. The fourth-order valence-corrected chi connectivity index (χ4v) is 2.37. The second-order valence-electron chi connectivity index (χ2n) is 4.17. The van der Waals surface area contributed by atoms with Crippen molar-refractivity contribution in [1.82, 2.24) is 5.32 Å². The van der Waals surface area contributed by atoms with Crippen molar-refractivity contribution in [3.05, 3.63) is 0 Å². The minimum atomic E-state index is -0.192. The Balaban J connectivity index is 1.83. The first-order valence-corrected chi connectivity index (χ1v) is 5.37.